The summed E-state index contributed by atoms with van der Waals surface area (Å²) in [6.07, 6.45) is 0.532. The van der Waals surface area contributed by atoms with E-state index in [2.05, 4.69) is 4.98 Å². The summed E-state index contributed by atoms with van der Waals surface area (Å²) in [5.74, 6) is -0.521. The van der Waals surface area contributed by atoms with Crippen LogP contribution in [0.15, 0.2) is 24.3 Å². The summed E-state index contributed by atoms with van der Waals surface area (Å²) in [6.45, 7) is 2.90. The zero-order chi connectivity index (χ0) is 15.0. The molecule has 2 aromatic rings. The molecule has 21 heavy (non-hydrogen) atoms. The van der Waals surface area contributed by atoms with E-state index in [1.54, 1.807) is 4.90 Å². The van der Waals surface area contributed by atoms with Gasteiger partial charge in [0.2, 0.25) is 5.91 Å². The van der Waals surface area contributed by atoms with Crippen molar-refractivity contribution in [2.45, 2.75) is 19.9 Å². The van der Waals surface area contributed by atoms with Crippen LogP contribution >= 0.6 is 0 Å². The van der Waals surface area contributed by atoms with Crippen LogP contribution in [-0.4, -0.2) is 44.5 Å². The molecule has 1 saturated heterocycles. The van der Waals surface area contributed by atoms with E-state index >= 15 is 0 Å². The number of rotatable bonds is 3. The van der Waals surface area contributed by atoms with Gasteiger partial charge in [0.1, 0.15) is 12.4 Å². The van der Waals surface area contributed by atoms with Crippen molar-refractivity contribution >= 4 is 22.9 Å². The van der Waals surface area contributed by atoms with Crippen molar-refractivity contribution in [2.75, 3.05) is 13.1 Å². The van der Waals surface area contributed by atoms with E-state index in [0.717, 1.165) is 16.9 Å². The Morgan fingerprint density at radius 1 is 1.38 bits per heavy atom. The van der Waals surface area contributed by atoms with Gasteiger partial charge in [-0.15, -0.1) is 0 Å². The molecule has 2 heterocycles. The second-order valence-corrected chi connectivity index (χ2v) is 5.40. The number of hydrogen-bond acceptors (Lipinski definition) is 3. The molecule has 1 aromatic heterocycles. The van der Waals surface area contributed by atoms with Crippen LogP contribution in [0.2, 0.25) is 0 Å². The number of benzene rings is 1. The quantitative estimate of drug-likeness (QED) is 0.922. The summed E-state index contributed by atoms with van der Waals surface area (Å²) in [4.78, 5) is 29.4. The molecule has 6 nitrogen and oxygen atoms in total. The van der Waals surface area contributed by atoms with E-state index in [0.29, 0.717) is 19.5 Å². The number of fused-ring (bicyclic) bond motifs is 1. The maximum atomic E-state index is 12.4. The molecule has 0 bridgehead atoms. The fourth-order valence-corrected chi connectivity index (χ4v) is 2.82. The van der Waals surface area contributed by atoms with E-state index in [1.807, 2.05) is 35.8 Å². The molecular formula is C15H17N3O3. The molecule has 0 radical (unpaired) electrons. The van der Waals surface area contributed by atoms with Crippen molar-refractivity contribution in [3.63, 3.8) is 0 Å². The summed E-state index contributed by atoms with van der Waals surface area (Å²) in [6, 6.07) is 7.69. The summed E-state index contributed by atoms with van der Waals surface area (Å²) in [5, 5.41) is 9.00. The van der Waals surface area contributed by atoms with Crippen LogP contribution in [0.1, 0.15) is 12.2 Å². The lowest BCUT2D eigenvalue weighted by molar-refractivity contribution is -0.141. The highest BCUT2D eigenvalue weighted by Crippen LogP contribution is 2.19. The van der Waals surface area contributed by atoms with Crippen LogP contribution in [0, 0.1) is 12.8 Å². The van der Waals surface area contributed by atoms with Gasteiger partial charge in [-0.05, 0) is 25.5 Å². The average molecular weight is 287 g/mol. The highest BCUT2D eigenvalue weighted by Gasteiger charge is 2.31. The topological polar surface area (TPSA) is 75.4 Å². The van der Waals surface area contributed by atoms with E-state index in [9.17, 15) is 9.59 Å². The Bertz CT molecular complexity index is 707. The molecule has 110 valence electrons. The van der Waals surface area contributed by atoms with Crippen molar-refractivity contribution in [3.8, 4) is 0 Å². The van der Waals surface area contributed by atoms with Crippen molar-refractivity contribution in [3.05, 3.63) is 30.1 Å². The SMILES string of the molecule is Cc1nc2ccccc2n1CC(=O)N1CC[C@H](C(=O)O)C1. The third kappa shape index (κ3) is 2.49. The minimum Gasteiger partial charge on any atom is -0.481 e. The van der Waals surface area contributed by atoms with Crippen molar-refractivity contribution < 1.29 is 14.7 Å². The number of likely N-dealkylation sites (tertiary alicyclic amines) is 1. The van der Waals surface area contributed by atoms with Gasteiger partial charge < -0.3 is 14.6 Å². The number of carbonyl (C=O) groups excluding carboxylic acids is 1. The lowest BCUT2D eigenvalue weighted by atomic mass is 10.1. The molecule has 0 saturated carbocycles. The number of carboxylic acid groups (broad SMARTS) is 1. The average Bonchev–Trinajstić information content (AvgIpc) is 3.05. The van der Waals surface area contributed by atoms with Gasteiger partial charge in [0.25, 0.3) is 0 Å². The normalized spacial score (nSPS) is 18.3. The maximum absolute atomic E-state index is 12.4. The molecule has 0 spiro atoms. The molecule has 0 unspecified atom stereocenters. The van der Waals surface area contributed by atoms with Crippen LogP contribution in [0.5, 0.6) is 0 Å². The van der Waals surface area contributed by atoms with Crippen molar-refractivity contribution in [1.29, 1.82) is 0 Å². The molecule has 0 aliphatic carbocycles. The van der Waals surface area contributed by atoms with Gasteiger partial charge in [0, 0.05) is 13.1 Å². The summed E-state index contributed by atoms with van der Waals surface area (Å²) in [7, 11) is 0. The number of aliphatic carboxylic acids is 1. The van der Waals surface area contributed by atoms with Crippen molar-refractivity contribution in [2.24, 2.45) is 5.92 Å². The standard InChI is InChI=1S/C15H17N3O3/c1-10-16-12-4-2-3-5-13(12)18(10)9-14(19)17-7-6-11(8-17)15(20)21/h2-5,11H,6-9H2,1H3,(H,20,21)/t11-/m0/s1. The van der Waals surface area contributed by atoms with Crippen LogP contribution in [-0.2, 0) is 16.1 Å². The number of imidazole rings is 1. The van der Waals surface area contributed by atoms with Gasteiger partial charge in [-0.25, -0.2) is 4.98 Å². The number of aromatic nitrogens is 2. The van der Waals surface area contributed by atoms with Crippen LogP contribution < -0.4 is 0 Å². The molecule has 1 fully saturated rings. The number of amides is 1. The van der Waals surface area contributed by atoms with Gasteiger partial charge in [-0.2, -0.15) is 0 Å². The summed E-state index contributed by atoms with van der Waals surface area (Å²) >= 11 is 0. The Labute approximate surface area is 122 Å². The maximum Gasteiger partial charge on any atom is 0.308 e. The molecular weight excluding hydrogens is 270 g/mol. The van der Waals surface area contributed by atoms with Gasteiger partial charge in [-0.1, -0.05) is 12.1 Å². The largest absolute Gasteiger partial charge is 0.481 e. The minimum atomic E-state index is -0.824. The molecule has 1 aliphatic heterocycles. The third-order valence-corrected chi connectivity index (χ3v) is 4.03. The van der Waals surface area contributed by atoms with E-state index < -0.39 is 11.9 Å². The first-order valence-corrected chi connectivity index (χ1v) is 6.98. The second-order valence-electron chi connectivity index (χ2n) is 5.40. The van der Waals surface area contributed by atoms with Gasteiger partial charge >= 0.3 is 5.97 Å². The lowest BCUT2D eigenvalue weighted by Gasteiger charge is -2.17. The van der Waals surface area contributed by atoms with E-state index in [-0.39, 0.29) is 12.5 Å². The Kier molecular flexibility index (Phi) is 3.37. The lowest BCUT2D eigenvalue weighted by Crippen LogP contribution is -2.33. The Morgan fingerprint density at radius 3 is 2.86 bits per heavy atom. The number of carboxylic acids is 1. The number of carbonyl (C=O) groups is 2. The fraction of sp³-hybridized carbons (Fsp3) is 0.400. The zero-order valence-electron chi connectivity index (χ0n) is 11.8. The molecule has 1 aliphatic rings. The molecule has 1 atom stereocenters. The van der Waals surface area contributed by atoms with E-state index in [4.69, 9.17) is 5.11 Å². The monoisotopic (exact) mass is 287 g/mol. The molecule has 6 heteroatoms. The van der Waals surface area contributed by atoms with Crippen LogP contribution in [0.4, 0.5) is 0 Å². The highest BCUT2D eigenvalue weighted by molar-refractivity contribution is 5.82. The predicted molar refractivity (Wildman–Crippen MR) is 76.8 cm³/mol. The summed E-state index contributed by atoms with van der Waals surface area (Å²) < 4.78 is 1.88. The number of para-hydroxylation sites is 2. The first-order valence-electron chi connectivity index (χ1n) is 6.98. The Balaban J connectivity index is 1.78. The predicted octanol–water partition coefficient (Wildman–Crippen LogP) is 1.28. The fourth-order valence-electron chi connectivity index (χ4n) is 2.82. The number of aryl methyl sites for hydroxylation is 1. The number of nitrogens with zero attached hydrogens (tertiary/aromatic N) is 3. The first kappa shape index (κ1) is 13.6. The number of hydrogen-bond donors (Lipinski definition) is 1. The summed E-state index contributed by atoms with van der Waals surface area (Å²) in [5.41, 5.74) is 1.80. The zero-order valence-corrected chi connectivity index (χ0v) is 11.8. The van der Waals surface area contributed by atoms with Gasteiger partial charge in [-0.3, -0.25) is 9.59 Å². The van der Waals surface area contributed by atoms with Gasteiger partial charge in [0.05, 0.1) is 17.0 Å². The molecule has 1 amide bonds. The second kappa shape index (κ2) is 5.20. The first-order chi connectivity index (χ1) is 10.1. The van der Waals surface area contributed by atoms with E-state index in [1.165, 1.54) is 0 Å². The van der Waals surface area contributed by atoms with Crippen LogP contribution in [0.25, 0.3) is 11.0 Å². The third-order valence-electron chi connectivity index (χ3n) is 4.03. The van der Waals surface area contributed by atoms with Gasteiger partial charge in [0.15, 0.2) is 0 Å². The molecule has 3 rings (SSSR count). The molecule has 1 aromatic carbocycles. The minimum absolute atomic E-state index is 0.0509. The van der Waals surface area contributed by atoms with Crippen LogP contribution in [0.3, 0.4) is 0 Å². The smallest absolute Gasteiger partial charge is 0.308 e. The molecule has 1 N–H and O–H groups in total. The van der Waals surface area contributed by atoms with Crippen molar-refractivity contribution in [1.82, 2.24) is 14.5 Å². The Morgan fingerprint density at radius 2 is 2.14 bits per heavy atom. The highest BCUT2D eigenvalue weighted by atomic mass is 16.4. The Hall–Kier alpha value is -2.37.